The van der Waals surface area contributed by atoms with Crippen molar-refractivity contribution in [3.8, 4) is 17.0 Å². The Morgan fingerprint density at radius 3 is 2.83 bits per heavy atom. The van der Waals surface area contributed by atoms with Crippen molar-refractivity contribution < 1.29 is 9.53 Å². The van der Waals surface area contributed by atoms with Gasteiger partial charge in [0.15, 0.2) is 0 Å². The van der Waals surface area contributed by atoms with Gasteiger partial charge in [-0.1, -0.05) is 24.3 Å². The van der Waals surface area contributed by atoms with Crippen LogP contribution in [0.2, 0.25) is 0 Å². The van der Waals surface area contributed by atoms with Crippen molar-refractivity contribution in [2.75, 3.05) is 12.4 Å². The molecule has 0 spiro atoms. The van der Waals surface area contributed by atoms with Gasteiger partial charge in [0.1, 0.15) is 10.8 Å². The molecule has 0 aliphatic rings. The van der Waals surface area contributed by atoms with Crippen LogP contribution in [0.4, 0.5) is 5.69 Å². The molecule has 1 amide bonds. The van der Waals surface area contributed by atoms with Gasteiger partial charge in [0.25, 0.3) is 0 Å². The smallest absolute Gasteiger partial charge is 0.231 e. The number of methoxy groups -OCH3 is 1. The van der Waals surface area contributed by atoms with Crippen molar-refractivity contribution >= 4 is 22.9 Å². The Morgan fingerprint density at radius 1 is 1.21 bits per heavy atom. The van der Waals surface area contributed by atoms with Gasteiger partial charge in [-0.05, 0) is 36.8 Å². The number of carbonyl (C=O) groups is 1. The molecular weight excluding hydrogens is 320 g/mol. The van der Waals surface area contributed by atoms with E-state index in [1.165, 1.54) is 11.3 Å². The van der Waals surface area contributed by atoms with E-state index in [1.807, 2.05) is 60.8 Å². The number of aromatic nitrogens is 1. The summed E-state index contributed by atoms with van der Waals surface area (Å²) in [6.07, 6.45) is 0.266. The maximum absolute atomic E-state index is 12.2. The maximum atomic E-state index is 12.2. The molecule has 0 fully saturated rings. The SMILES string of the molecule is COc1cccc(-c2csc(CC(=O)Nc3cccc(C)c3)n2)c1. The van der Waals surface area contributed by atoms with Crippen molar-refractivity contribution in [3.05, 3.63) is 64.5 Å². The third kappa shape index (κ3) is 4.00. The van der Waals surface area contributed by atoms with E-state index in [2.05, 4.69) is 10.3 Å². The van der Waals surface area contributed by atoms with Crippen LogP contribution in [0.5, 0.6) is 5.75 Å². The van der Waals surface area contributed by atoms with E-state index in [1.54, 1.807) is 7.11 Å². The van der Waals surface area contributed by atoms with E-state index in [4.69, 9.17) is 4.74 Å². The molecule has 24 heavy (non-hydrogen) atoms. The van der Waals surface area contributed by atoms with Gasteiger partial charge in [0.05, 0.1) is 19.2 Å². The Bertz CT molecular complexity index is 858. The lowest BCUT2D eigenvalue weighted by atomic mass is 10.1. The predicted molar refractivity (Wildman–Crippen MR) is 97.6 cm³/mol. The summed E-state index contributed by atoms with van der Waals surface area (Å²) < 4.78 is 5.24. The molecule has 1 N–H and O–H groups in total. The molecule has 0 atom stereocenters. The predicted octanol–water partition coefficient (Wildman–Crippen LogP) is 4.31. The molecule has 0 radical (unpaired) electrons. The number of nitrogens with one attached hydrogen (secondary N) is 1. The molecule has 0 aliphatic carbocycles. The summed E-state index contributed by atoms with van der Waals surface area (Å²) in [4.78, 5) is 16.7. The third-order valence-corrected chi connectivity index (χ3v) is 4.38. The molecule has 0 unspecified atom stereocenters. The lowest BCUT2D eigenvalue weighted by Gasteiger charge is -2.04. The molecule has 1 aromatic heterocycles. The highest BCUT2D eigenvalue weighted by Gasteiger charge is 2.10. The highest BCUT2D eigenvalue weighted by molar-refractivity contribution is 7.10. The fourth-order valence-electron chi connectivity index (χ4n) is 2.37. The number of thiazole rings is 1. The van der Waals surface area contributed by atoms with Crippen molar-refractivity contribution in [2.45, 2.75) is 13.3 Å². The molecule has 0 saturated carbocycles. The second kappa shape index (κ2) is 7.27. The molecule has 5 heteroatoms. The molecule has 4 nitrogen and oxygen atoms in total. The molecule has 3 aromatic rings. The topological polar surface area (TPSA) is 51.2 Å². The first-order valence-corrected chi connectivity index (χ1v) is 8.47. The van der Waals surface area contributed by atoms with Gasteiger partial charge in [-0.15, -0.1) is 11.3 Å². The Morgan fingerprint density at radius 2 is 2.04 bits per heavy atom. The standard InChI is InChI=1S/C19H18N2O2S/c1-13-5-3-7-15(9-13)20-18(22)11-19-21-17(12-24-19)14-6-4-8-16(10-14)23-2/h3-10,12H,11H2,1-2H3,(H,20,22). The molecule has 1 heterocycles. The molecule has 3 rings (SSSR count). The number of hydrogen-bond acceptors (Lipinski definition) is 4. The lowest BCUT2D eigenvalue weighted by Crippen LogP contribution is -2.14. The zero-order valence-corrected chi connectivity index (χ0v) is 14.4. The Kier molecular flexibility index (Phi) is 4.91. The number of ether oxygens (including phenoxy) is 1. The zero-order valence-electron chi connectivity index (χ0n) is 13.6. The van der Waals surface area contributed by atoms with Crippen molar-refractivity contribution in [1.29, 1.82) is 0 Å². The first-order valence-electron chi connectivity index (χ1n) is 7.59. The van der Waals surface area contributed by atoms with Crippen LogP contribution in [0.3, 0.4) is 0 Å². The van der Waals surface area contributed by atoms with Gasteiger partial charge in [0.2, 0.25) is 5.91 Å². The minimum Gasteiger partial charge on any atom is -0.497 e. The first-order chi connectivity index (χ1) is 11.6. The monoisotopic (exact) mass is 338 g/mol. The van der Waals surface area contributed by atoms with Crippen LogP contribution in [-0.4, -0.2) is 18.0 Å². The van der Waals surface area contributed by atoms with Crippen LogP contribution in [0.15, 0.2) is 53.9 Å². The van der Waals surface area contributed by atoms with E-state index in [9.17, 15) is 4.79 Å². The van der Waals surface area contributed by atoms with Crippen molar-refractivity contribution in [1.82, 2.24) is 4.98 Å². The van der Waals surface area contributed by atoms with Gasteiger partial charge in [0, 0.05) is 16.6 Å². The molecule has 2 aromatic carbocycles. The highest BCUT2D eigenvalue weighted by Crippen LogP contribution is 2.25. The normalized spacial score (nSPS) is 10.4. The minimum absolute atomic E-state index is 0.0628. The van der Waals surface area contributed by atoms with E-state index >= 15 is 0 Å². The van der Waals surface area contributed by atoms with Crippen LogP contribution >= 0.6 is 11.3 Å². The number of benzene rings is 2. The summed E-state index contributed by atoms with van der Waals surface area (Å²) in [6, 6.07) is 15.5. The van der Waals surface area contributed by atoms with E-state index in [-0.39, 0.29) is 12.3 Å². The largest absolute Gasteiger partial charge is 0.497 e. The van der Waals surface area contributed by atoms with Crippen molar-refractivity contribution in [3.63, 3.8) is 0 Å². The fraction of sp³-hybridized carbons (Fsp3) is 0.158. The second-order valence-corrected chi connectivity index (χ2v) is 6.40. The van der Waals surface area contributed by atoms with Crippen molar-refractivity contribution in [2.24, 2.45) is 0 Å². The zero-order chi connectivity index (χ0) is 16.9. The summed E-state index contributed by atoms with van der Waals surface area (Å²) in [5, 5.41) is 5.66. The van der Waals surface area contributed by atoms with Crippen LogP contribution in [0.25, 0.3) is 11.3 Å². The molecule has 0 saturated heterocycles. The molecule has 0 aliphatic heterocycles. The fourth-order valence-corrected chi connectivity index (χ4v) is 3.17. The summed E-state index contributed by atoms with van der Waals surface area (Å²) in [5.41, 5.74) is 3.76. The second-order valence-electron chi connectivity index (χ2n) is 5.45. The van der Waals surface area contributed by atoms with Crippen LogP contribution in [0, 0.1) is 6.92 Å². The summed E-state index contributed by atoms with van der Waals surface area (Å²) in [7, 11) is 1.64. The number of nitrogens with zero attached hydrogens (tertiary/aromatic N) is 1. The van der Waals surface area contributed by atoms with Gasteiger partial charge in [-0.25, -0.2) is 4.98 Å². The quantitative estimate of drug-likeness (QED) is 0.754. The molecular formula is C19H18N2O2S. The summed E-state index contributed by atoms with van der Waals surface area (Å²) in [5.74, 6) is 0.728. The average Bonchev–Trinajstić information content (AvgIpc) is 3.03. The van der Waals surface area contributed by atoms with E-state index in [0.29, 0.717) is 0 Å². The molecule has 0 bridgehead atoms. The van der Waals surface area contributed by atoms with E-state index in [0.717, 1.165) is 33.3 Å². The minimum atomic E-state index is -0.0628. The highest BCUT2D eigenvalue weighted by atomic mass is 32.1. The average molecular weight is 338 g/mol. The molecule has 122 valence electrons. The van der Waals surface area contributed by atoms with Crippen LogP contribution in [0.1, 0.15) is 10.6 Å². The number of carbonyl (C=O) groups excluding carboxylic acids is 1. The number of anilines is 1. The van der Waals surface area contributed by atoms with Gasteiger partial charge < -0.3 is 10.1 Å². The third-order valence-electron chi connectivity index (χ3n) is 3.53. The van der Waals surface area contributed by atoms with Gasteiger partial charge in [-0.3, -0.25) is 4.79 Å². The number of amides is 1. The number of aryl methyl sites for hydroxylation is 1. The maximum Gasteiger partial charge on any atom is 0.231 e. The lowest BCUT2D eigenvalue weighted by molar-refractivity contribution is -0.115. The summed E-state index contributed by atoms with van der Waals surface area (Å²) >= 11 is 1.49. The van der Waals surface area contributed by atoms with E-state index < -0.39 is 0 Å². The number of hydrogen-bond donors (Lipinski definition) is 1. The summed E-state index contributed by atoms with van der Waals surface area (Å²) in [6.45, 7) is 2.00. The Labute approximate surface area is 145 Å². The number of rotatable bonds is 5. The van der Waals surface area contributed by atoms with Gasteiger partial charge in [-0.2, -0.15) is 0 Å². The first kappa shape index (κ1) is 16.2. The Balaban J connectivity index is 1.68. The van der Waals surface area contributed by atoms with Crippen LogP contribution < -0.4 is 10.1 Å². The van der Waals surface area contributed by atoms with Gasteiger partial charge >= 0.3 is 0 Å². The van der Waals surface area contributed by atoms with Crippen LogP contribution in [-0.2, 0) is 11.2 Å². The Hall–Kier alpha value is -2.66.